The summed E-state index contributed by atoms with van der Waals surface area (Å²) in [5.74, 6) is -0.757. The summed E-state index contributed by atoms with van der Waals surface area (Å²) in [6, 6.07) is 12.5. The second-order valence-electron chi connectivity index (χ2n) is 5.37. The van der Waals surface area contributed by atoms with Gasteiger partial charge in [0.25, 0.3) is 5.91 Å². The highest BCUT2D eigenvalue weighted by Crippen LogP contribution is 2.22. The lowest BCUT2D eigenvalue weighted by Gasteiger charge is -2.11. The minimum atomic E-state index is -3.81. The number of sulfonamides is 1. The first-order valence-electron chi connectivity index (χ1n) is 7.76. The number of methoxy groups -OCH3 is 1. The zero-order valence-electron chi connectivity index (χ0n) is 14.4. The van der Waals surface area contributed by atoms with Crippen molar-refractivity contribution in [2.45, 2.75) is 11.3 Å². The number of hydrogen-bond acceptors (Lipinski definition) is 5. The van der Waals surface area contributed by atoms with Crippen molar-refractivity contribution in [3.05, 3.63) is 59.1 Å². The molecule has 0 aromatic heterocycles. The third-order valence-electron chi connectivity index (χ3n) is 3.41. The van der Waals surface area contributed by atoms with E-state index in [1.54, 1.807) is 36.4 Å². The van der Waals surface area contributed by atoms with Crippen molar-refractivity contribution in [1.29, 1.82) is 0 Å². The maximum absolute atomic E-state index is 12.0. The van der Waals surface area contributed by atoms with E-state index in [2.05, 4.69) is 15.6 Å². The zero-order chi connectivity index (χ0) is 19.9. The van der Waals surface area contributed by atoms with Gasteiger partial charge < -0.3 is 4.74 Å². The fraction of sp³-hybridized carbons (Fsp3) is 0.176. The van der Waals surface area contributed by atoms with Crippen LogP contribution in [0.15, 0.2) is 53.4 Å². The first-order valence-corrected chi connectivity index (χ1v) is 9.63. The Morgan fingerprint density at radius 1 is 1.04 bits per heavy atom. The molecule has 27 heavy (non-hydrogen) atoms. The molecule has 0 heterocycles. The quantitative estimate of drug-likeness (QED) is 0.588. The minimum absolute atomic E-state index is 0.0369. The Morgan fingerprint density at radius 2 is 1.70 bits per heavy atom. The molecule has 3 N–H and O–H groups in total. The topological polar surface area (TPSA) is 114 Å². The number of carbonyl (C=O) groups is 2. The molecule has 0 spiro atoms. The molecule has 0 saturated heterocycles. The lowest BCUT2D eigenvalue weighted by Crippen LogP contribution is -2.46. The van der Waals surface area contributed by atoms with Crippen molar-refractivity contribution >= 4 is 33.4 Å². The predicted molar refractivity (Wildman–Crippen MR) is 99.6 cm³/mol. The van der Waals surface area contributed by atoms with Gasteiger partial charge in [0.05, 0.1) is 25.0 Å². The molecule has 0 radical (unpaired) electrons. The Morgan fingerprint density at radius 3 is 2.37 bits per heavy atom. The summed E-state index contributed by atoms with van der Waals surface area (Å²) in [7, 11) is -2.35. The number of hydrazine groups is 1. The fourth-order valence-corrected chi connectivity index (χ4v) is 3.33. The van der Waals surface area contributed by atoms with Crippen LogP contribution in [0, 0.1) is 0 Å². The molecule has 0 bridgehead atoms. The molecule has 0 fully saturated rings. The van der Waals surface area contributed by atoms with Gasteiger partial charge >= 0.3 is 0 Å². The molecule has 2 aromatic carbocycles. The van der Waals surface area contributed by atoms with Gasteiger partial charge in [0.1, 0.15) is 5.75 Å². The van der Waals surface area contributed by atoms with Crippen molar-refractivity contribution in [1.82, 2.24) is 15.6 Å². The number of benzene rings is 2. The van der Waals surface area contributed by atoms with Crippen LogP contribution in [0.25, 0.3) is 0 Å². The number of amides is 2. The second kappa shape index (κ2) is 9.36. The summed E-state index contributed by atoms with van der Waals surface area (Å²) < 4.78 is 31.3. The van der Waals surface area contributed by atoms with Crippen molar-refractivity contribution in [2.24, 2.45) is 0 Å². The number of ether oxygens (including phenoxy) is 1. The molecule has 0 aliphatic heterocycles. The highest BCUT2D eigenvalue weighted by atomic mass is 35.5. The number of rotatable bonds is 7. The molecule has 2 aromatic rings. The van der Waals surface area contributed by atoms with Crippen molar-refractivity contribution < 1.29 is 22.7 Å². The van der Waals surface area contributed by atoms with E-state index in [0.717, 1.165) is 0 Å². The summed E-state index contributed by atoms with van der Waals surface area (Å²) in [6.07, 6.45) is -0.0836. The van der Waals surface area contributed by atoms with Crippen LogP contribution in [-0.2, 0) is 26.0 Å². The van der Waals surface area contributed by atoms with Gasteiger partial charge in [0, 0.05) is 10.6 Å². The maximum atomic E-state index is 12.0. The third-order valence-corrected chi connectivity index (χ3v) is 5.06. The Hall–Kier alpha value is -2.62. The molecule has 2 amide bonds. The van der Waals surface area contributed by atoms with Gasteiger partial charge in [-0.1, -0.05) is 29.8 Å². The molecule has 0 aliphatic carbocycles. The van der Waals surface area contributed by atoms with E-state index < -0.39 is 28.4 Å². The Kier molecular flexibility index (Phi) is 7.17. The molecule has 0 unspecified atom stereocenters. The van der Waals surface area contributed by atoms with Gasteiger partial charge in [-0.2, -0.15) is 0 Å². The van der Waals surface area contributed by atoms with Crippen molar-refractivity contribution in [3.63, 3.8) is 0 Å². The first kappa shape index (κ1) is 20.7. The lowest BCUT2D eigenvalue weighted by molar-refractivity contribution is -0.127. The second-order valence-corrected chi connectivity index (χ2v) is 7.57. The van der Waals surface area contributed by atoms with Gasteiger partial charge in [0.15, 0.2) is 0 Å². The highest BCUT2D eigenvalue weighted by molar-refractivity contribution is 7.89. The van der Waals surface area contributed by atoms with E-state index in [9.17, 15) is 18.0 Å². The Bertz CT molecular complexity index is 919. The van der Waals surface area contributed by atoms with E-state index >= 15 is 0 Å². The number of hydrogen-bond donors (Lipinski definition) is 3. The standard InChI is InChI=1S/C17H18ClN3O5S/c1-26-15-8-7-13(18)9-12(15)10-16(22)20-21-17(23)11-19-27(24,25)14-5-3-2-4-6-14/h2-9,19H,10-11H2,1H3,(H,20,22)(H,21,23). The van der Waals surface area contributed by atoms with Crippen LogP contribution >= 0.6 is 11.6 Å². The minimum Gasteiger partial charge on any atom is -0.496 e. The number of nitrogens with one attached hydrogen (secondary N) is 3. The molecule has 8 nitrogen and oxygen atoms in total. The van der Waals surface area contributed by atoms with E-state index in [4.69, 9.17) is 16.3 Å². The average molecular weight is 412 g/mol. The van der Waals surface area contributed by atoms with Crippen LogP contribution in [0.1, 0.15) is 5.56 Å². The SMILES string of the molecule is COc1ccc(Cl)cc1CC(=O)NNC(=O)CNS(=O)(=O)c1ccccc1. The van der Waals surface area contributed by atoms with Gasteiger partial charge in [-0.25, -0.2) is 13.1 Å². The predicted octanol–water partition coefficient (Wildman–Crippen LogP) is 1.02. The van der Waals surface area contributed by atoms with E-state index in [1.165, 1.54) is 19.2 Å². The van der Waals surface area contributed by atoms with Crippen LogP contribution in [0.3, 0.4) is 0 Å². The number of carbonyl (C=O) groups excluding carboxylic acids is 2. The van der Waals surface area contributed by atoms with Crippen LogP contribution in [0.5, 0.6) is 5.75 Å². The van der Waals surface area contributed by atoms with Gasteiger partial charge in [0.2, 0.25) is 15.9 Å². The summed E-state index contributed by atoms with van der Waals surface area (Å²) in [5.41, 5.74) is 4.89. The van der Waals surface area contributed by atoms with Crippen molar-refractivity contribution in [3.8, 4) is 5.75 Å². The van der Waals surface area contributed by atoms with Gasteiger partial charge in [-0.3, -0.25) is 20.4 Å². The third kappa shape index (κ3) is 6.24. The molecule has 0 saturated carbocycles. The van der Waals surface area contributed by atoms with Gasteiger partial charge in [-0.15, -0.1) is 0 Å². The summed E-state index contributed by atoms with van der Waals surface area (Å²) in [6.45, 7) is -0.530. The monoisotopic (exact) mass is 411 g/mol. The Labute approximate surface area is 161 Å². The maximum Gasteiger partial charge on any atom is 0.253 e. The summed E-state index contributed by atoms with van der Waals surface area (Å²) in [4.78, 5) is 23.7. The zero-order valence-corrected chi connectivity index (χ0v) is 15.9. The molecular formula is C17H18ClN3O5S. The molecular weight excluding hydrogens is 394 g/mol. The number of halogens is 1. The van der Waals surface area contributed by atoms with Crippen LogP contribution < -0.4 is 20.3 Å². The normalized spacial score (nSPS) is 10.9. The fourth-order valence-electron chi connectivity index (χ4n) is 2.13. The molecule has 0 aliphatic rings. The van der Waals surface area contributed by atoms with E-state index in [-0.39, 0.29) is 11.3 Å². The van der Waals surface area contributed by atoms with Crippen LogP contribution in [0.2, 0.25) is 5.02 Å². The molecule has 10 heteroatoms. The highest BCUT2D eigenvalue weighted by Gasteiger charge is 2.15. The van der Waals surface area contributed by atoms with Crippen molar-refractivity contribution in [2.75, 3.05) is 13.7 Å². The molecule has 0 atom stereocenters. The summed E-state index contributed by atoms with van der Waals surface area (Å²) in [5, 5.41) is 0.443. The van der Waals surface area contributed by atoms with E-state index in [1.807, 2.05) is 0 Å². The first-order chi connectivity index (χ1) is 12.8. The smallest absolute Gasteiger partial charge is 0.253 e. The van der Waals surface area contributed by atoms with Crippen LogP contribution in [0.4, 0.5) is 0 Å². The van der Waals surface area contributed by atoms with E-state index in [0.29, 0.717) is 16.3 Å². The molecule has 2 rings (SSSR count). The van der Waals surface area contributed by atoms with Gasteiger partial charge in [-0.05, 0) is 30.3 Å². The van der Waals surface area contributed by atoms with Crippen LogP contribution in [-0.4, -0.2) is 33.9 Å². The average Bonchev–Trinajstić information content (AvgIpc) is 2.66. The largest absolute Gasteiger partial charge is 0.496 e. The summed E-state index contributed by atoms with van der Waals surface area (Å²) >= 11 is 5.90. The molecule has 144 valence electrons. The lowest BCUT2D eigenvalue weighted by atomic mass is 10.1. The Balaban J connectivity index is 1.83.